The number of hydrogen-bond acceptors (Lipinski definition) is 3. The third-order valence-electron chi connectivity index (χ3n) is 2.50. The van der Waals surface area contributed by atoms with Crippen LogP contribution in [0.1, 0.15) is 6.92 Å². The van der Waals surface area contributed by atoms with Gasteiger partial charge in [0.1, 0.15) is 0 Å². The van der Waals surface area contributed by atoms with Gasteiger partial charge in [0.15, 0.2) is 0 Å². The smallest absolute Gasteiger partial charge is 0.0946 e. The standard InChI is InChI=1S/C12H14Cl2N4/c1-8(6-18-3-2-16-7-18)17-12-10(13)4-9(15)5-11(12)14/h2-5,7-8,17H,6,15H2,1H3. The first-order valence-corrected chi connectivity index (χ1v) is 6.28. The Bertz CT molecular complexity index is 502. The summed E-state index contributed by atoms with van der Waals surface area (Å²) in [5, 5.41) is 4.33. The highest BCUT2D eigenvalue weighted by atomic mass is 35.5. The molecule has 1 heterocycles. The average molecular weight is 285 g/mol. The number of nitrogens with zero attached hydrogens (tertiary/aromatic N) is 2. The molecule has 0 aliphatic rings. The van der Waals surface area contributed by atoms with E-state index in [-0.39, 0.29) is 6.04 Å². The lowest BCUT2D eigenvalue weighted by Crippen LogP contribution is -2.21. The summed E-state index contributed by atoms with van der Waals surface area (Å²) in [6, 6.07) is 3.53. The molecule has 0 radical (unpaired) electrons. The van der Waals surface area contributed by atoms with Crippen molar-refractivity contribution in [2.75, 3.05) is 11.1 Å². The van der Waals surface area contributed by atoms with E-state index in [0.717, 1.165) is 6.54 Å². The van der Waals surface area contributed by atoms with Crippen molar-refractivity contribution in [3.05, 3.63) is 40.9 Å². The zero-order chi connectivity index (χ0) is 13.1. The zero-order valence-corrected chi connectivity index (χ0v) is 11.4. The van der Waals surface area contributed by atoms with Crippen molar-refractivity contribution in [2.24, 2.45) is 0 Å². The summed E-state index contributed by atoms with van der Waals surface area (Å²) in [5.74, 6) is 0. The van der Waals surface area contributed by atoms with Gasteiger partial charge >= 0.3 is 0 Å². The predicted octanol–water partition coefficient (Wildman–Crippen LogP) is 3.27. The number of nitrogens with one attached hydrogen (secondary N) is 1. The van der Waals surface area contributed by atoms with E-state index in [1.807, 2.05) is 17.7 Å². The highest BCUT2D eigenvalue weighted by molar-refractivity contribution is 6.39. The first-order valence-electron chi connectivity index (χ1n) is 5.53. The highest BCUT2D eigenvalue weighted by Gasteiger charge is 2.10. The minimum absolute atomic E-state index is 0.165. The number of benzene rings is 1. The second kappa shape index (κ2) is 5.50. The molecule has 96 valence electrons. The van der Waals surface area contributed by atoms with Gasteiger partial charge in [-0.05, 0) is 19.1 Å². The molecule has 18 heavy (non-hydrogen) atoms. The van der Waals surface area contributed by atoms with Crippen LogP contribution in [0.15, 0.2) is 30.9 Å². The molecule has 3 N–H and O–H groups in total. The van der Waals surface area contributed by atoms with Crippen molar-refractivity contribution >= 4 is 34.6 Å². The number of halogens is 2. The second-order valence-electron chi connectivity index (χ2n) is 4.16. The summed E-state index contributed by atoms with van der Waals surface area (Å²) in [6.45, 7) is 2.82. The molecule has 0 spiro atoms. The zero-order valence-electron chi connectivity index (χ0n) is 9.90. The van der Waals surface area contributed by atoms with Crippen LogP contribution < -0.4 is 11.1 Å². The average Bonchev–Trinajstić information content (AvgIpc) is 2.76. The van der Waals surface area contributed by atoms with Gasteiger partial charge in [-0.1, -0.05) is 23.2 Å². The fourth-order valence-corrected chi connectivity index (χ4v) is 2.35. The lowest BCUT2D eigenvalue weighted by molar-refractivity contribution is 0.619. The van der Waals surface area contributed by atoms with Gasteiger partial charge in [0.2, 0.25) is 0 Å². The molecule has 0 saturated heterocycles. The molecule has 0 aliphatic heterocycles. The van der Waals surface area contributed by atoms with Crippen LogP contribution in [0.2, 0.25) is 10.0 Å². The van der Waals surface area contributed by atoms with Crippen molar-refractivity contribution in [3.63, 3.8) is 0 Å². The van der Waals surface area contributed by atoms with E-state index < -0.39 is 0 Å². The van der Waals surface area contributed by atoms with Crippen LogP contribution >= 0.6 is 23.2 Å². The van der Waals surface area contributed by atoms with Crippen LogP contribution in [-0.2, 0) is 6.54 Å². The van der Waals surface area contributed by atoms with E-state index in [9.17, 15) is 0 Å². The molecule has 6 heteroatoms. The van der Waals surface area contributed by atoms with Gasteiger partial charge in [-0.2, -0.15) is 0 Å². The third kappa shape index (κ3) is 3.09. The monoisotopic (exact) mass is 284 g/mol. The maximum absolute atomic E-state index is 6.11. The van der Waals surface area contributed by atoms with Crippen molar-refractivity contribution in [1.82, 2.24) is 9.55 Å². The molecular formula is C12H14Cl2N4. The number of hydrogen-bond donors (Lipinski definition) is 2. The van der Waals surface area contributed by atoms with Gasteiger partial charge in [-0.25, -0.2) is 4.98 Å². The van der Waals surface area contributed by atoms with Crippen LogP contribution in [0.5, 0.6) is 0 Å². The van der Waals surface area contributed by atoms with E-state index in [2.05, 4.69) is 10.3 Å². The van der Waals surface area contributed by atoms with Crippen molar-refractivity contribution in [3.8, 4) is 0 Å². The molecule has 4 nitrogen and oxygen atoms in total. The number of aromatic nitrogens is 2. The fourth-order valence-electron chi connectivity index (χ4n) is 1.73. The summed E-state index contributed by atoms with van der Waals surface area (Å²) < 4.78 is 1.98. The molecule has 0 fully saturated rings. The quantitative estimate of drug-likeness (QED) is 0.848. The summed E-state index contributed by atoms with van der Waals surface area (Å²) >= 11 is 12.2. The van der Waals surface area contributed by atoms with E-state index in [1.54, 1.807) is 24.7 Å². The van der Waals surface area contributed by atoms with Gasteiger partial charge in [0.25, 0.3) is 0 Å². The van der Waals surface area contributed by atoms with Gasteiger partial charge in [0, 0.05) is 30.7 Å². The SMILES string of the molecule is CC(Cn1ccnc1)Nc1c(Cl)cc(N)cc1Cl. The van der Waals surface area contributed by atoms with Crippen molar-refractivity contribution in [1.29, 1.82) is 0 Å². The number of nitrogens with two attached hydrogens (primary N) is 1. The Balaban J connectivity index is 2.09. The lowest BCUT2D eigenvalue weighted by Gasteiger charge is -2.18. The molecule has 0 saturated carbocycles. The van der Waals surface area contributed by atoms with Gasteiger partial charge in [0.05, 0.1) is 22.1 Å². The molecule has 0 bridgehead atoms. The minimum atomic E-state index is 0.165. The number of rotatable bonds is 4. The molecule has 2 rings (SSSR count). The van der Waals surface area contributed by atoms with Crippen LogP contribution in [0.25, 0.3) is 0 Å². The first kappa shape index (κ1) is 13.1. The molecule has 0 amide bonds. The summed E-state index contributed by atoms with van der Waals surface area (Å²) in [7, 11) is 0. The minimum Gasteiger partial charge on any atom is -0.399 e. The lowest BCUT2D eigenvalue weighted by atomic mass is 10.2. The Kier molecular flexibility index (Phi) is 3.99. The third-order valence-corrected chi connectivity index (χ3v) is 3.10. The fraction of sp³-hybridized carbons (Fsp3) is 0.250. The van der Waals surface area contributed by atoms with Crippen molar-refractivity contribution < 1.29 is 0 Å². The second-order valence-corrected chi connectivity index (χ2v) is 4.98. The molecule has 2 aromatic rings. The van der Waals surface area contributed by atoms with Crippen LogP contribution in [0, 0.1) is 0 Å². The van der Waals surface area contributed by atoms with Crippen LogP contribution in [0.4, 0.5) is 11.4 Å². The van der Waals surface area contributed by atoms with Crippen LogP contribution in [-0.4, -0.2) is 15.6 Å². The Morgan fingerprint density at radius 1 is 1.39 bits per heavy atom. The largest absolute Gasteiger partial charge is 0.399 e. The predicted molar refractivity (Wildman–Crippen MR) is 76.2 cm³/mol. The molecule has 1 unspecified atom stereocenters. The molecular weight excluding hydrogens is 271 g/mol. The topological polar surface area (TPSA) is 55.9 Å². The molecule has 1 atom stereocenters. The van der Waals surface area contributed by atoms with Crippen LogP contribution in [0.3, 0.4) is 0 Å². The normalized spacial score (nSPS) is 12.4. The number of anilines is 2. The Labute approximate surface area is 116 Å². The van der Waals surface area contributed by atoms with E-state index in [0.29, 0.717) is 21.4 Å². The van der Waals surface area contributed by atoms with Gasteiger partial charge in [-0.3, -0.25) is 0 Å². The molecule has 0 aliphatic carbocycles. The van der Waals surface area contributed by atoms with Gasteiger partial charge in [-0.15, -0.1) is 0 Å². The van der Waals surface area contributed by atoms with E-state index in [1.165, 1.54) is 0 Å². The summed E-state index contributed by atoms with van der Waals surface area (Å²) in [6.07, 6.45) is 5.42. The van der Waals surface area contributed by atoms with Crippen molar-refractivity contribution in [2.45, 2.75) is 19.5 Å². The Morgan fingerprint density at radius 2 is 2.06 bits per heavy atom. The maximum Gasteiger partial charge on any atom is 0.0946 e. The first-order chi connectivity index (χ1) is 8.56. The Hall–Kier alpha value is -1.39. The van der Waals surface area contributed by atoms with Gasteiger partial charge < -0.3 is 15.6 Å². The maximum atomic E-state index is 6.11. The number of imidazole rings is 1. The number of nitrogen functional groups attached to an aromatic ring is 1. The summed E-state index contributed by atoms with van der Waals surface area (Å²) in [5.41, 5.74) is 6.92. The van der Waals surface area contributed by atoms with E-state index in [4.69, 9.17) is 28.9 Å². The summed E-state index contributed by atoms with van der Waals surface area (Å²) in [4.78, 5) is 4.00. The Morgan fingerprint density at radius 3 is 2.61 bits per heavy atom. The highest BCUT2D eigenvalue weighted by Crippen LogP contribution is 2.33. The molecule has 1 aromatic carbocycles. The van der Waals surface area contributed by atoms with E-state index >= 15 is 0 Å². The molecule has 1 aromatic heterocycles.